The van der Waals surface area contributed by atoms with E-state index < -0.39 is 5.82 Å². The van der Waals surface area contributed by atoms with Crippen molar-refractivity contribution < 1.29 is 9.13 Å². The largest absolute Gasteiger partial charge is 0.490 e. The molecule has 0 aliphatic rings. The molecular formula is C15H22ClFOS. The SMILES string of the molecule is Fc1c(Cl)cccc1OCCCCCCCCCS. The van der Waals surface area contributed by atoms with Crippen molar-refractivity contribution in [3.8, 4) is 5.75 Å². The van der Waals surface area contributed by atoms with E-state index in [1.54, 1.807) is 12.1 Å². The fourth-order valence-electron chi connectivity index (χ4n) is 1.88. The second kappa shape index (κ2) is 10.4. The summed E-state index contributed by atoms with van der Waals surface area (Å²) in [6.07, 6.45) is 8.33. The third-order valence-electron chi connectivity index (χ3n) is 2.98. The van der Waals surface area contributed by atoms with E-state index in [1.165, 1.54) is 38.2 Å². The predicted octanol–water partition coefficient (Wildman–Crippen LogP) is 5.52. The molecule has 0 aromatic heterocycles. The molecule has 0 unspecified atom stereocenters. The lowest BCUT2D eigenvalue weighted by Gasteiger charge is -2.07. The van der Waals surface area contributed by atoms with Gasteiger partial charge in [0.15, 0.2) is 11.6 Å². The lowest BCUT2D eigenvalue weighted by molar-refractivity contribution is 0.290. The standard InChI is InChI=1S/C15H22ClFOS/c16-13-9-8-10-14(15(13)17)18-11-6-4-2-1-3-5-7-12-19/h8-10,19H,1-7,11-12H2. The van der Waals surface area contributed by atoms with Crippen molar-refractivity contribution in [2.75, 3.05) is 12.4 Å². The summed E-state index contributed by atoms with van der Waals surface area (Å²) >= 11 is 9.86. The van der Waals surface area contributed by atoms with Crippen molar-refractivity contribution >= 4 is 24.2 Å². The van der Waals surface area contributed by atoms with Crippen molar-refractivity contribution in [2.24, 2.45) is 0 Å². The summed E-state index contributed by atoms with van der Waals surface area (Å²) in [5.41, 5.74) is 0. The van der Waals surface area contributed by atoms with E-state index in [2.05, 4.69) is 12.6 Å². The third-order valence-corrected chi connectivity index (χ3v) is 3.58. The van der Waals surface area contributed by atoms with Gasteiger partial charge in [0.25, 0.3) is 0 Å². The Kier molecular flexibility index (Phi) is 9.10. The molecule has 0 spiro atoms. The van der Waals surface area contributed by atoms with Crippen LogP contribution in [0.3, 0.4) is 0 Å². The number of hydrogen-bond acceptors (Lipinski definition) is 2. The van der Waals surface area contributed by atoms with E-state index in [0.29, 0.717) is 6.61 Å². The van der Waals surface area contributed by atoms with Gasteiger partial charge in [0.1, 0.15) is 0 Å². The van der Waals surface area contributed by atoms with Gasteiger partial charge in [-0.3, -0.25) is 0 Å². The van der Waals surface area contributed by atoms with Gasteiger partial charge in [-0.25, -0.2) is 4.39 Å². The highest BCUT2D eigenvalue weighted by Crippen LogP contribution is 2.24. The fraction of sp³-hybridized carbons (Fsp3) is 0.600. The predicted molar refractivity (Wildman–Crippen MR) is 83.1 cm³/mol. The minimum absolute atomic E-state index is 0.113. The number of rotatable bonds is 10. The Labute approximate surface area is 125 Å². The number of ether oxygens (including phenoxy) is 1. The summed E-state index contributed by atoms with van der Waals surface area (Å²) in [7, 11) is 0. The first kappa shape index (κ1) is 16.6. The van der Waals surface area contributed by atoms with Crippen LogP contribution in [0.2, 0.25) is 5.02 Å². The number of hydrogen-bond donors (Lipinski definition) is 1. The molecule has 19 heavy (non-hydrogen) atoms. The van der Waals surface area contributed by atoms with Crippen LogP contribution < -0.4 is 4.74 Å². The second-order valence-corrected chi connectivity index (χ2v) is 5.45. The Hall–Kier alpha value is -0.410. The van der Waals surface area contributed by atoms with Crippen molar-refractivity contribution in [3.05, 3.63) is 29.0 Å². The van der Waals surface area contributed by atoms with E-state index in [1.807, 2.05) is 0 Å². The molecule has 1 nitrogen and oxygen atoms in total. The topological polar surface area (TPSA) is 9.23 Å². The molecule has 1 rings (SSSR count). The van der Waals surface area contributed by atoms with Crippen LogP contribution >= 0.6 is 24.2 Å². The molecule has 0 aliphatic heterocycles. The molecule has 1 aromatic carbocycles. The minimum Gasteiger partial charge on any atom is -0.490 e. The summed E-state index contributed by atoms with van der Waals surface area (Å²) in [6, 6.07) is 4.83. The zero-order chi connectivity index (χ0) is 13.9. The maximum absolute atomic E-state index is 13.5. The zero-order valence-corrected chi connectivity index (χ0v) is 12.9. The Bertz CT molecular complexity index is 360. The van der Waals surface area contributed by atoms with Crippen LogP contribution in [-0.2, 0) is 0 Å². The molecule has 0 amide bonds. The normalized spacial score (nSPS) is 10.7. The molecule has 4 heteroatoms. The van der Waals surface area contributed by atoms with Crippen molar-refractivity contribution in [1.29, 1.82) is 0 Å². The number of halogens is 2. The van der Waals surface area contributed by atoms with Gasteiger partial charge in [0.05, 0.1) is 11.6 Å². The molecule has 108 valence electrons. The van der Waals surface area contributed by atoms with Gasteiger partial charge in [0, 0.05) is 0 Å². The summed E-state index contributed by atoms with van der Waals surface area (Å²) in [6.45, 7) is 0.550. The number of unbranched alkanes of at least 4 members (excludes halogenated alkanes) is 6. The van der Waals surface area contributed by atoms with Gasteiger partial charge >= 0.3 is 0 Å². The highest BCUT2D eigenvalue weighted by molar-refractivity contribution is 7.80. The minimum atomic E-state index is -0.462. The van der Waals surface area contributed by atoms with Crippen LogP contribution in [0.1, 0.15) is 44.9 Å². The first-order valence-electron chi connectivity index (χ1n) is 6.93. The van der Waals surface area contributed by atoms with Crippen molar-refractivity contribution in [1.82, 2.24) is 0 Å². The van der Waals surface area contributed by atoms with Crippen molar-refractivity contribution in [2.45, 2.75) is 44.9 Å². The van der Waals surface area contributed by atoms with Crippen LogP contribution in [0, 0.1) is 5.82 Å². The Morgan fingerprint density at radius 3 is 2.32 bits per heavy atom. The first-order chi connectivity index (χ1) is 9.25. The molecule has 0 saturated carbocycles. The smallest absolute Gasteiger partial charge is 0.183 e. The third kappa shape index (κ3) is 7.07. The quantitative estimate of drug-likeness (QED) is 0.442. The summed E-state index contributed by atoms with van der Waals surface area (Å²) in [5, 5.41) is 0.113. The number of benzene rings is 1. The summed E-state index contributed by atoms with van der Waals surface area (Å²) < 4.78 is 18.9. The Morgan fingerprint density at radius 2 is 1.63 bits per heavy atom. The van der Waals surface area contributed by atoms with Crippen LogP contribution in [0.25, 0.3) is 0 Å². The molecule has 0 saturated heterocycles. The highest BCUT2D eigenvalue weighted by atomic mass is 35.5. The summed E-state index contributed by atoms with van der Waals surface area (Å²) in [5.74, 6) is 0.774. The second-order valence-electron chi connectivity index (χ2n) is 4.60. The summed E-state index contributed by atoms with van der Waals surface area (Å²) in [4.78, 5) is 0. The Morgan fingerprint density at radius 1 is 1.00 bits per heavy atom. The monoisotopic (exact) mass is 304 g/mol. The maximum Gasteiger partial charge on any atom is 0.183 e. The molecule has 0 aliphatic carbocycles. The van der Waals surface area contributed by atoms with Crippen LogP contribution in [-0.4, -0.2) is 12.4 Å². The van der Waals surface area contributed by atoms with Crippen LogP contribution in [0.4, 0.5) is 4.39 Å². The van der Waals surface area contributed by atoms with Gasteiger partial charge in [-0.2, -0.15) is 12.6 Å². The maximum atomic E-state index is 13.5. The van der Waals surface area contributed by atoms with Gasteiger partial charge in [0.2, 0.25) is 0 Å². The van der Waals surface area contributed by atoms with Gasteiger partial charge in [-0.05, 0) is 30.7 Å². The fourth-order valence-corrected chi connectivity index (χ4v) is 2.26. The first-order valence-corrected chi connectivity index (χ1v) is 7.94. The highest BCUT2D eigenvalue weighted by Gasteiger charge is 2.06. The molecule has 1 aromatic rings. The van der Waals surface area contributed by atoms with E-state index in [0.717, 1.165) is 18.6 Å². The van der Waals surface area contributed by atoms with E-state index in [9.17, 15) is 4.39 Å². The van der Waals surface area contributed by atoms with Crippen LogP contribution in [0.15, 0.2) is 18.2 Å². The van der Waals surface area contributed by atoms with Crippen molar-refractivity contribution in [3.63, 3.8) is 0 Å². The molecule has 0 radical (unpaired) electrons. The molecule has 0 heterocycles. The lowest BCUT2D eigenvalue weighted by atomic mass is 10.1. The molecule has 0 N–H and O–H groups in total. The molecule has 0 atom stereocenters. The van der Waals surface area contributed by atoms with E-state index in [4.69, 9.17) is 16.3 Å². The molecular weight excluding hydrogens is 283 g/mol. The number of thiol groups is 1. The molecule has 0 fully saturated rings. The van der Waals surface area contributed by atoms with Gasteiger partial charge in [-0.15, -0.1) is 0 Å². The average molecular weight is 305 g/mol. The lowest BCUT2D eigenvalue weighted by Crippen LogP contribution is -1.99. The van der Waals surface area contributed by atoms with E-state index in [-0.39, 0.29) is 10.8 Å². The van der Waals surface area contributed by atoms with E-state index >= 15 is 0 Å². The van der Waals surface area contributed by atoms with Crippen LogP contribution in [0.5, 0.6) is 5.75 Å². The molecule has 0 bridgehead atoms. The Balaban J connectivity index is 2.03. The van der Waals surface area contributed by atoms with Gasteiger partial charge < -0.3 is 4.74 Å². The van der Waals surface area contributed by atoms with Gasteiger partial charge in [-0.1, -0.05) is 49.8 Å². The average Bonchev–Trinajstić information content (AvgIpc) is 2.41. The zero-order valence-electron chi connectivity index (χ0n) is 11.2.